The number of aromatic nitrogens is 2. The molecule has 0 saturated carbocycles. The van der Waals surface area contributed by atoms with Gasteiger partial charge in [0.15, 0.2) is 5.82 Å². The van der Waals surface area contributed by atoms with E-state index in [2.05, 4.69) is 17.1 Å². The Morgan fingerprint density at radius 3 is 2.70 bits per heavy atom. The molecule has 20 heavy (non-hydrogen) atoms. The largest absolute Gasteiger partial charge is 0.354 e. The van der Waals surface area contributed by atoms with E-state index in [1.54, 1.807) is 0 Å². The van der Waals surface area contributed by atoms with Gasteiger partial charge in [-0.15, -0.1) is 0 Å². The normalized spacial score (nSPS) is 25.9. The number of rotatable bonds is 1. The second kappa shape index (κ2) is 4.42. The topological polar surface area (TPSA) is 41.1 Å². The summed E-state index contributed by atoms with van der Waals surface area (Å²) < 4.78 is 0. The second-order valence-electron chi connectivity index (χ2n) is 6.22. The SMILES string of the molecule is Cc1nc2ccccc2nc1N1CCC2(CCNC2)C1. The molecule has 4 nitrogen and oxygen atoms in total. The molecular weight excluding hydrogens is 248 g/mol. The monoisotopic (exact) mass is 268 g/mol. The molecule has 1 aromatic heterocycles. The first-order valence-corrected chi connectivity index (χ1v) is 7.45. The Balaban J connectivity index is 1.70. The highest BCUT2D eigenvalue weighted by Gasteiger charge is 2.41. The summed E-state index contributed by atoms with van der Waals surface area (Å²) in [5, 5.41) is 3.51. The van der Waals surface area contributed by atoms with Crippen LogP contribution in [0.15, 0.2) is 24.3 Å². The number of fused-ring (bicyclic) bond motifs is 1. The Labute approximate surface area is 119 Å². The van der Waals surface area contributed by atoms with Gasteiger partial charge in [-0.1, -0.05) is 12.1 Å². The molecule has 2 saturated heterocycles. The minimum absolute atomic E-state index is 0.472. The number of aryl methyl sites for hydroxylation is 1. The molecule has 0 amide bonds. The molecule has 1 spiro atoms. The van der Waals surface area contributed by atoms with Crippen molar-refractivity contribution in [3.63, 3.8) is 0 Å². The van der Waals surface area contributed by atoms with Gasteiger partial charge in [0, 0.05) is 25.0 Å². The maximum atomic E-state index is 4.85. The predicted octanol–water partition coefficient (Wildman–Crippen LogP) is 2.13. The van der Waals surface area contributed by atoms with E-state index >= 15 is 0 Å². The molecule has 2 fully saturated rings. The van der Waals surface area contributed by atoms with Gasteiger partial charge in [0.25, 0.3) is 0 Å². The Hall–Kier alpha value is -1.68. The van der Waals surface area contributed by atoms with Crippen LogP contribution in [0.1, 0.15) is 18.5 Å². The maximum Gasteiger partial charge on any atom is 0.150 e. The van der Waals surface area contributed by atoms with E-state index in [-0.39, 0.29) is 0 Å². The number of nitrogens with zero attached hydrogens (tertiary/aromatic N) is 3. The van der Waals surface area contributed by atoms with E-state index in [9.17, 15) is 0 Å². The number of para-hydroxylation sites is 2. The summed E-state index contributed by atoms with van der Waals surface area (Å²) >= 11 is 0. The van der Waals surface area contributed by atoms with E-state index in [4.69, 9.17) is 9.97 Å². The van der Waals surface area contributed by atoms with Gasteiger partial charge < -0.3 is 10.2 Å². The molecule has 3 heterocycles. The zero-order chi connectivity index (χ0) is 13.6. The summed E-state index contributed by atoms with van der Waals surface area (Å²) in [4.78, 5) is 12.0. The van der Waals surface area contributed by atoms with Crippen molar-refractivity contribution < 1.29 is 0 Å². The number of anilines is 1. The lowest BCUT2D eigenvalue weighted by Crippen LogP contribution is -2.30. The van der Waals surface area contributed by atoms with Crippen molar-refractivity contribution in [1.82, 2.24) is 15.3 Å². The lowest BCUT2D eigenvalue weighted by Gasteiger charge is -2.24. The van der Waals surface area contributed by atoms with Crippen LogP contribution in [0.25, 0.3) is 11.0 Å². The van der Waals surface area contributed by atoms with Gasteiger partial charge in [-0.05, 0) is 38.4 Å². The molecule has 0 aliphatic carbocycles. The zero-order valence-electron chi connectivity index (χ0n) is 11.9. The van der Waals surface area contributed by atoms with Crippen LogP contribution >= 0.6 is 0 Å². The third-order valence-electron chi connectivity index (χ3n) is 4.79. The highest BCUT2D eigenvalue weighted by Crippen LogP contribution is 2.38. The molecule has 2 aliphatic rings. The Morgan fingerprint density at radius 1 is 1.15 bits per heavy atom. The molecule has 104 valence electrons. The molecule has 2 aromatic rings. The van der Waals surface area contributed by atoms with Crippen LogP contribution in [-0.4, -0.2) is 36.1 Å². The fraction of sp³-hybridized carbons (Fsp3) is 0.500. The first-order chi connectivity index (χ1) is 9.76. The van der Waals surface area contributed by atoms with E-state index in [1.807, 2.05) is 24.3 Å². The van der Waals surface area contributed by atoms with Crippen molar-refractivity contribution in [2.75, 3.05) is 31.1 Å². The molecule has 4 heteroatoms. The smallest absolute Gasteiger partial charge is 0.150 e. The van der Waals surface area contributed by atoms with Crippen LogP contribution in [0.5, 0.6) is 0 Å². The summed E-state index contributed by atoms with van der Waals surface area (Å²) in [5.74, 6) is 1.08. The molecule has 1 unspecified atom stereocenters. The molecule has 0 radical (unpaired) electrons. The van der Waals surface area contributed by atoms with Crippen LogP contribution in [0.2, 0.25) is 0 Å². The molecule has 0 bridgehead atoms. The van der Waals surface area contributed by atoms with Crippen molar-refractivity contribution in [1.29, 1.82) is 0 Å². The summed E-state index contributed by atoms with van der Waals surface area (Å²) in [7, 11) is 0. The van der Waals surface area contributed by atoms with Crippen LogP contribution in [0, 0.1) is 12.3 Å². The molecule has 1 N–H and O–H groups in total. The van der Waals surface area contributed by atoms with Crippen molar-refractivity contribution in [2.24, 2.45) is 5.41 Å². The summed E-state index contributed by atoms with van der Waals surface area (Å²) in [5.41, 5.74) is 3.51. The van der Waals surface area contributed by atoms with Gasteiger partial charge in [-0.25, -0.2) is 9.97 Å². The third-order valence-corrected chi connectivity index (χ3v) is 4.79. The third kappa shape index (κ3) is 1.86. The Bertz CT molecular complexity index is 646. The van der Waals surface area contributed by atoms with Crippen LogP contribution < -0.4 is 10.2 Å². The summed E-state index contributed by atoms with van der Waals surface area (Å²) in [6, 6.07) is 8.13. The summed E-state index contributed by atoms with van der Waals surface area (Å²) in [6.07, 6.45) is 2.57. The number of hydrogen-bond donors (Lipinski definition) is 1. The van der Waals surface area contributed by atoms with E-state index in [1.165, 1.54) is 12.8 Å². The molecule has 4 rings (SSSR count). The zero-order valence-corrected chi connectivity index (χ0v) is 11.9. The van der Waals surface area contributed by atoms with Crippen LogP contribution in [0.4, 0.5) is 5.82 Å². The van der Waals surface area contributed by atoms with Crippen molar-refractivity contribution in [2.45, 2.75) is 19.8 Å². The van der Waals surface area contributed by atoms with E-state index < -0.39 is 0 Å². The number of nitrogens with one attached hydrogen (secondary N) is 1. The van der Waals surface area contributed by atoms with E-state index in [0.717, 1.165) is 48.7 Å². The quantitative estimate of drug-likeness (QED) is 0.860. The predicted molar refractivity (Wildman–Crippen MR) is 81.0 cm³/mol. The number of hydrogen-bond acceptors (Lipinski definition) is 4. The van der Waals surface area contributed by atoms with Crippen LogP contribution in [-0.2, 0) is 0 Å². The van der Waals surface area contributed by atoms with Gasteiger partial charge in [0.2, 0.25) is 0 Å². The average molecular weight is 268 g/mol. The Morgan fingerprint density at radius 2 is 1.95 bits per heavy atom. The lowest BCUT2D eigenvalue weighted by atomic mass is 9.87. The Kier molecular flexibility index (Phi) is 2.67. The molecule has 1 aromatic carbocycles. The van der Waals surface area contributed by atoms with Gasteiger partial charge >= 0.3 is 0 Å². The highest BCUT2D eigenvalue weighted by molar-refractivity contribution is 5.76. The van der Waals surface area contributed by atoms with Crippen molar-refractivity contribution >= 4 is 16.9 Å². The minimum atomic E-state index is 0.472. The van der Waals surface area contributed by atoms with Crippen LogP contribution in [0.3, 0.4) is 0 Å². The minimum Gasteiger partial charge on any atom is -0.354 e. The van der Waals surface area contributed by atoms with Gasteiger partial charge in [-0.3, -0.25) is 0 Å². The van der Waals surface area contributed by atoms with Gasteiger partial charge in [-0.2, -0.15) is 0 Å². The number of benzene rings is 1. The standard InChI is InChI=1S/C16H20N4/c1-12-15(19-14-5-3-2-4-13(14)18-12)20-9-7-16(11-20)6-8-17-10-16/h2-5,17H,6-11H2,1H3. The van der Waals surface area contributed by atoms with Crippen molar-refractivity contribution in [3.8, 4) is 0 Å². The summed E-state index contributed by atoms with van der Waals surface area (Å²) in [6.45, 7) is 6.62. The highest BCUT2D eigenvalue weighted by atomic mass is 15.2. The average Bonchev–Trinajstić information content (AvgIpc) is 3.09. The fourth-order valence-corrected chi connectivity index (χ4v) is 3.64. The molecular formula is C16H20N4. The van der Waals surface area contributed by atoms with E-state index in [0.29, 0.717) is 5.41 Å². The maximum absolute atomic E-state index is 4.85. The first-order valence-electron chi connectivity index (χ1n) is 7.45. The molecule has 2 aliphatic heterocycles. The second-order valence-corrected chi connectivity index (χ2v) is 6.22. The fourth-order valence-electron chi connectivity index (χ4n) is 3.64. The molecule has 1 atom stereocenters. The lowest BCUT2D eigenvalue weighted by molar-refractivity contribution is 0.369. The van der Waals surface area contributed by atoms with Gasteiger partial charge in [0.05, 0.1) is 16.7 Å². The van der Waals surface area contributed by atoms with Gasteiger partial charge in [0.1, 0.15) is 0 Å². The van der Waals surface area contributed by atoms with Crippen molar-refractivity contribution in [3.05, 3.63) is 30.0 Å². The first kappa shape index (κ1) is 12.1.